The molecular weight excluding hydrogens is 573 g/mol. The molecule has 3 rings (SSSR count). The minimum atomic E-state index is -3.93. The highest BCUT2D eigenvalue weighted by Crippen LogP contribution is 2.30. The van der Waals surface area contributed by atoms with Crippen molar-refractivity contribution in [3.63, 3.8) is 0 Å². The van der Waals surface area contributed by atoms with Crippen molar-refractivity contribution < 1.29 is 22.7 Å². The maximum atomic E-state index is 14.1. The normalized spacial score (nSPS) is 12.1. The molecule has 0 aliphatic heterocycles. The zero-order valence-electron chi connectivity index (χ0n) is 22.8. The Morgan fingerprint density at radius 1 is 0.950 bits per heavy atom. The first kappa shape index (κ1) is 31.3. The second-order valence-corrected chi connectivity index (χ2v) is 12.3. The lowest BCUT2D eigenvalue weighted by atomic mass is 10.0. The maximum absolute atomic E-state index is 14.1. The van der Waals surface area contributed by atoms with E-state index in [0.29, 0.717) is 16.3 Å². The summed E-state index contributed by atoms with van der Waals surface area (Å²) in [5, 5.41) is 3.51. The van der Waals surface area contributed by atoms with Crippen molar-refractivity contribution in [2.75, 3.05) is 24.2 Å². The molecule has 0 fully saturated rings. The van der Waals surface area contributed by atoms with Crippen molar-refractivity contribution >= 4 is 50.7 Å². The van der Waals surface area contributed by atoms with E-state index in [2.05, 4.69) is 5.32 Å². The van der Waals surface area contributed by atoms with Gasteiger partial charge < -0.3 is 15.0 Å². The predicted molar refractivity (Wildman–Crippen MR) is 159 cm³/mol. The lowest BCUT2D eigenvalue weighted by Gasteiger charge is -2.34. The van der Waals surface area contributed by atoms with Gasteiger partial charge in [-0.2, -0.15) is 0 Å². The van der Waals surface area contributed by atoms with Crippen molar-refractivity contribution in [1.29, 1.82) is 0 Å². The number of hydrogen-bond acceptors (Lipinski definition) is 5. The number of methoxy groups -OCH3 is 1. The Balaban J connectivity index is 2.07. The van der Waals surface area contributed by atoms with Gasteiger partial charge in [0.1, 0.15) is 18.3 Å². The molecule has 0 saturated heterocycles. The number of benzene rings is 3. The van der Waals surface area contributed by atoms with Gasteiger partial charge in [-0.15, -0.1) is 0 Å². The van der Waals surface area contributed by atoms with Crippen LogP contribution in [0.5, 0.6) is 5.75 Å². The van der Waals surface area contributed by atoms with E-state index in [1.807, 2.05) is 44.2 Å². The molecule has 0 aliphatic carbocycles. The van der Waals surface area contributed by atoms with Gasteiger partial charge in [0.25, 0.3) is 0 Å². The van der Waals surface area contributed by atoms with Crippen molar-refractivity contribution in [1.82, 2.24) is 10.2 Å². The molecule has 0 aromatic heterocycles. The van der Waals surface area contributed by atoms with E-state index in [1.165, 1.54) is 30.2 Å². The van der Waals surface area contributed by atoms with Crippen molar-refractivity contribution in [2.45, 2.75) is 38.9 Å². The average molecular weight is 607 g/mol. The lowest BCUT2D eigenvalue weighted by Crippen LogP contribution is -2.54. The number of amides is 2. The standard InChI is InChI=1S/C29H33Cl2N3O5S/c1-20(2)32-29(36)26(16-21-10-6-5-7-11-21)33(18-22-12-8-9-13-24(22)30)28(35)19-34(40(4,37)38)23-14-15-27(39-3)25(31)17-23/h5-15,17,20,26H,16,18-19H2,1-4H3,(H,32,36). The zero-order valence-corrected chi connectivity index (χ0v) is 25.1. The largest absolute Gasteiger partial charge is 0.495 e. The number of rotatable bonds is 12. The molecule has 40 heavy (non-hydrogen) atoms. The number of carbonyl (C=O) groups is 2. The van der Waals surface area contributed by atoms with Gasteiger partial charge in [0, 0.05) is 24.0 Å². The summed E-state index contributed by atoms with van der Waals surface area (Å²) >= 11 is 12.7. The highest BCUT2D eigenvalue weighted by atomic mass is 35.5. The van der Waals surface area contributed by atoms with Crippen LogP contribution in [-0.4, -0.2) is 57.1 Å². The van der Waals surface area contributed by atoms with E-state index in [0.717, 1.165) is 16.1 Å². The molecule has 214 valence electrons. The maximum Gasteiger partial charge on any atom is 0.244 e. The quantitative estimate of drug-likeness (QED) is 0.316. The molecule has 0 saturated carbocycles. The molecule has 0 spiro atoms. The number of sulfonamides is 1. The highest BCUT2D eigenvalue weighted by molar-refractivity contribution is 7.92. The first-order chi connectivity index (χ1) is 18.9. The van der Waals surface area contributed by atoms with Crippen LogP contribution in [0, 0.1) is 0 Å². The predicted octanol–water partition coefficient (Wildman–Crippen LogP) is 4.93. The minimum absolute atomic E-state index is 0.0114. The van der Waals surface area contributed by atoms with E-state index < -0.39 is 28.5 Å². The van der Waals surface area contributed by atoms with Crippen LogP contribution >= 0.6 is 23.2 Å². The summed E-state index contributed by atoms with van der Waals surface area (Å²) in [6.07, 6.45) is 1.21. The van der Waals surface area contributed by atoms with Crippen LogP contribution in [0.2, 0.25) is 10.0 Å². The SMILES string of the molecule is COc1ccc(N(CC(=O)N(Cc2ccccc2Cl)C(Cc2ccccc2)C(=O)NC(C)C)S(C)(=O)=O)cc1Cl. The summed E-state index contributed by atoms with van der Waals surface area (Å²) in [7, 11) is -2.48. The van der Waals surface area contributed by atoms with Gasteiger partial charge in [0.15, 0.2) is 0 Å². The van der Waals surface area contributed by atoms with Gasteiger partial charge in [-0.25, -0.2) is 8.42 Å². The summed E-state index contributed by atoms with van der Waals surface area (Å²) in [4.78, 5) is 29.0. The Hall–Kier alpha value is -3.27. The Labute approximate surface area is 245 Å². The van der Waals surface area contributed by atoms with Crippen LogP contribution in [0.3, 0.4) is 0 Å². The fourth-order valence-electron chi connectivity index (χ4n) is 4.17. The summed E-state index contributed by atoms with van der Waals surface area (Å²) in [6.45, 7) is 3.09. The number of ether oxygens (including phenoxy) is 1. The van der Waals surface area contributed by atoms with E-state index in [-0.39, 0.29) is 35.6 Å². The molecule has 1 N–H and O–H groups in total. The van der Waals surface area contributed by atoms with Crippen LogP contribution < -0.4 is 14.4 Å². The number of anilines is 1. The molecule has 11 heteroatoms. The van der Waals surface area contributed by atoms with E-state index in [9.17, 15) is 18.0 Å². The second-order valence-electron chi connectivity index (χ2n) is 9.57. The number of nitrogens with one attached hydrogen (secondary N) is 1. The van der Waals surface area contributed by atoms with Gasteiger partial charge in [0.05, 0.1) is 24.1 Å². The Bertz CT molecular complexity index is 1430. The van der Waals surface area contributed by atoms with Crippen LogP contribution in [0.4, 0.5) is 5.69 Å². The van der Waals surface area contributed by atoms with E-state index in [4.69, 9.17) is 27.9 Å². The monoisotopic (exact) mass is 605 g/mol. The second kappa shape index (κ2) is 13.9. The highest BCUT2D eigenvalue weighted by Gasteiger charge is 2.33. The number of hydrogen-bond donors (Lipinski definition) is 1. The third kappa shape index (κ3) is 8.36. The molecule has 1 atom stereocenters. The first-order valence-electron chi connectivity index (χ1n) is 12.6. The third-order valence-electron chi connectivity index (χ3n) is 6.10. The number of nitrogens with zero attached hydrogens (tertiary/aromatic N) is 2. The summed E-state index contributed by atoms with van der Waals surface area (Å²) < 4.78 is 31.9. The zero-order chi connectivity index (χ0) is 29.4. The number of halogens is 2. The summed E-state index contributed by atoms with van der Waals surface area (Å²) in [5.41, 5.74) is 1.64. The Morgan fingerprint density at radius 2 is 1.60 bits per heavy atom. The minimum Gasteiger partial charge on any atom is -0.495 e. The molecule has 0 aliphatic rings. The van der Waals surface area contributed by atoms with Crippen LogP contribution in [0.25, 0.3) is 0 Å². The molecule has 8 nitrogen and oxygen atoms in total. The Kier molecular flexibility index (Phi) is 10.8. The molecule has 3 aromatic carbocycles. The van der Waals surface area contributed by atoms with Crippen molar-refractivity contribution in [3.8, 4) is 5.75 Å². The van der Waals surface area contributed by atoms with Gasteiger partial charge in [0.2, 0.25) is 21.8 Å². The van der Waals surface area contributed by atoms with Crippen LogP contribution in [0.1, 0.15) is 25.0 Å². The van der Waals surface area contributed by atoms with Crippen LogP contribution in [0.15, 0.2) is 72.8 Å². The van der Waals surface area contributed by atoms with Crippen molar-refractivity contribution in [3.05, 3.63) is 94.0 Å². The molecule has 0 radical (unpaired) electrons. The smallest absolute Gasteiger partial charge is 0.244 e. The average Bonchev–Trinajstić information content (AvgIpc) is 2.89. The van der Waals surface area contributed by atoms with Gasteiger partial charge in [-0.3, -0.25) is 13.9 Å². The van der Waals surface area contributed by atoms with Crippen molar-refractivity contribution in [2.24, 2.45) is 0 Å². The molecule has 2 amide bonds. The van der Waals surface area contributed by atoms with E-state index in [1.54, 1.807) is 24.3 Å². The Morgan fingerprint density at radius 3 is 2.17 bits per heavy atom. The fourth-order valence-corrected chi connectivity index (χ4v) is 5.46. The fraction of sp³-hybridized carbons (Fsp3) is 0.310. The summed E-state index contributed by atoms with van der Waals surface area (Å²) in [5.74, 6) is -0.589. The number of carbonyl (C=O) groups excluding carboxylic acids is 2. The topological polar surface area (TPSA) is 96.0 Å². The van der Waals surface area contributed by atoms with Gasteiger partial charge in [-0.05, 0) is 49.2 Å². The van der Waals surface area contributed by atoms with Crippen LogP contribution in [-0.2, 0) is 32.6 Å². The van der Waals surface area contributed by atoms with Gasteiger partial charge >= 0.3 is 0 Å². The molecule has 3 aromatic rings. The summed E-state index contributed by atoms with van der Waals surface area (Å²) in [6, 6.07) is 19.6. The van der Waals surface area contributed by atoms with Gasteiger partial charge in [-0.1, -0.05) is 71.7 Å². The molecule has 1 unspecified atom stereocenters. The first-order valence-corrected chi connectivity index (χ1v) is 15.2. The lowest BCUT2D eigenvalue weighted by molar-refractivity contribution is -0.140. The molecule has 0 bridgehead atoms. The van der Waals surface area contributed by atoms with E-state index >= 15 is 0 Å². The molecule has 0 heterocycles. The third-order valence-corrected chi connectivity index (χ3v) is 7.91. The molecular formula is C29H33Cl2N3O5S.